The number of aromatic carboxylic acids is 1. The molecule has 0 fully saturated rings. The zero-order valence-corrected chi connectivity index (χ0v) is 8.78. The van der Waals surface area contributed by atoms with Gasteiger partial charge in [0.15, 0.2) is 0 Å². The van der Waals surface area contributed by atoms with E-state index < -0.39 is 5.97 Å². The SMILES string of the molecule is Cn1cc(-c2csc(N)c2C(=O)O)cn1. The third-order valence-electron chi connectivity index (χ3n) is 2.05. The molecule has 3 N–H and O–H groups in total. The zero-order valence-electron chi connectivity index (χ0n) is 7.97. The normalized spacial score (nSPS) is 10.5. The van der Waals surface area contributed by atoms with Crippen LogP contribution in [-0.4, -0.2) is 20.9 Å². The molecule has 0 aromatic carbocycles. The lowest BCUT2D eigenvalue weighted by Gasteiger charge is -1.96. The maximum Gasteiger partial charge on any atom is 0.339 e. The molecule has 2 rings (SSSR count). The highest BCUT2D eigenvalue weighted by molar-refractivity contribution is 7.14. The van der Waals surface area contributed by atoms with Crippen LogP contribution < -0.4 is 5.73 Å². The molecule has 6 heteroatoms. The molecular weight excluding hydrogens is 214 g/mol. The Morgan fingerprint density at radius 3 is 2.93 bits per heavy atom. The molecule has 0 atom stereocenters. The minimum atomic E-state index is -1.01. The largest absolute Gasteiger partial charge is 0.478 e. The fourth-order valence-electron chi connectivity index (χ4n) is 1.37. The number of aryl methyl sites for hydroxylation is 1. The topological polar surface area (TPSA) is 81.1 Å². The Hall–Kier alpha value is -1.82. The number of hydrogen-bond donors (Lipinski definition) is 2. The molecule has 2 aromatic rings. The number of carboxylic acid groups (broad SMARTS) is 1. The van der Waals surface area contributed by atoms with Crippen molar-refractivity contribution >= 4 is 22.3 Å². The van der Waals surface area contributed by atoms with Crippen LogP contribution in [0.1, 0.15) is 10.4 Å². The molecule has 0 amide bonds. The number of thiophene rings is 1. The maximum absolute atomic E-state index is 11.0. The van der Waals surface area contributed by atoms with Gasteiger partial charge in [0.25, 0.3) is 0 Å². The quantitative estimate of drug-likeness (QED) is 0.807. The van der Waals surface area contributed by atoms with Crippen molar-refractivity contribution in [3.63, 3.8) is 0 Å². The van der Waals surface area contributed by atoms with Crippen LogP contribution in [0.5, 0.6) is 0 Å². The molecule has 0 unspecified atom stereocenters. The number of nitrogen functional groups attached to an aromatic ring is 1. The van der Waals surface area contributed by atoms with Crippen LogP contribution >= 0.6 is 11.3 Å². The highest BCUT2D eigenvalue weighted by atomic mass is 32.1. The van der Waals surface area contributed by atoms with E-state index in [9.17, 15) is 4.79 Å². The second-order valence-corrected chi connectivity index (χ2v) is 4.01. The van der Waals surface area contributed by atoms with Crippen molar-refractivity contribution in [1.82, 2.24) is 9.78 Å². The van der Waals surface area contributed by atoms with Crippen LogP contribution in [0.2, 0.25) is 0 Å². The molecule has 0 spiro atoms. The Bertz CT molecular complexity index is 515. The summed E-state index contributed by atoms with van der Waals surface area (Å²) < 4.78 is 1.62. The first kappa shape index (κ1) is 9.72. The van der Waals surface area contributed by atoms with Gasteiger partial charge in [-0.25, -0.2) is 4.79 Å². The summed E-state index contributed by atoms with van der Waals surface area (Å²) in [6, 6.07) is 0. The van der Waals surface area contributed by atoms with E-state index >= 15 is 0 Å². The molecule has 0 aliphatic rings. The van der Waals surface area contributed by atoms with Gasteiger partial charge in [-0.1, -0.05) is 0 Å². The van der Waals surface area contributed by atoms with Gasteiger partial charge in [0.2, 0.25) is 0 Å². The number of carbonyl (C=O) groups is 1. The van der Waals surface area contributed by atoms with E-state index in [4.69, 9.17) is 10.8 Å². The lowest BCUT2D eigenvalue weighted by molar-refractivity contribution is 0.0699. The zero-order chi connectivity index (χ0) is 11.0. The summed E-state index contributed by atoms with van der Waals surface area (Å²) in [5, 5.41) is 15.0. The Labute approximate surface area is 89.8 Å². The standard InChI is InChI=1S/C9H9N3O2S/c1-12-3-5(2-11-12)6-4-15-8(10)7(6)9(13)14/h2-4H,10H2,1H3,(H,13,14). The number of rotatable bonds is 2. The summed E-state index contributed by atoms with van der Waals surface area (Å²) in [7, 11) is 1.78. The van der Waals surface area contributed by atoms with E-state index in [-0.39, 0.29) is 5.56 Å². The van der Waals surface area contributed by atoms with Gasteiger partial charge in [0.05, 0.1) is 6.20 Å². The molecule has 0 aliphatic heterocycles. The lowest BCUT2D eigenvalue weighted by atomic mass is 10.1. The van der Waals surface area contributed by atoms with Gasteiger partial charge < -0.3 is 10.8 Å². The van der Waals surface area contributed by atoms with Crippen LogP contribution in [0.4, 0.5) is 5.00 Å². The van der Waals surface area contributed by atoms with Crippen molar-refractivity contribution in [2.75, 3.05) is 5.73 Å². The van der Waals surface area contributed by atoms with Gasteiger partial charge in [0.1, 0.15) is 10.6 Å². The van der Waals surface area contributed by atoms with E-state index in [0.29, 0.717) is 10.6 Å². The second kappa shape index (κ2) is 3.39. The van der Waals surface area contributed by atoms with Gasteiger partial charge in [-0.3, -0.25) is 4.68 Å². The summed E-state index contributed by atoms with van der Waals surface area (Å²) in [5.74, 6) is -1.01. The molecule has 0 saturated carbocycles. The van der Waals surface area contributed by atoms with E-state index in [1.807, 2.05) is 0 Å². The number of aromatic nitrogens is 2. The fraction of sp³-hybridized carbons (Fsp3) is 0.111. The van der Waals surface area contributed by atoms with Crippen molar-refractivity contribution in [2.45, 2.75) is 0 Å². The highest BCUT2D eigenvalue weighted by Gasteiger charge is 2.18. The minimum Gasteiger partial charge on any atom is -0.478 e. The number of anilines is 1. The molecule has 15 heavy (non-hydrogen) atoms. The number of nitrogens with zero attached hydrogens (tertiary/aromatic N) is 2. The van der Waals surface area contributed by atoms with Crippen molar-refractivity contribution in [3.8, 4) is 11.1 Å². The fourth-order valence-corrected chi connectivity index (χ4v) is 2.18. The van der Waals surface area contributed by atoms with Gasteiger partial charge >= 0.3 is 5.97 Å². The van der Waals surface area contributed by atoms with Gasteiger partial charge in [0, 0.05) is 29.8 Å². The molecule has 0 aliphatic carbocycles. The van der Waals surface area contributed by atoms with Crippen LogP contribution in [0.25, 0.3) is 11.1 Å². The van der Waals surface area contributed by atoms with Gasteiger partial charge in [-0.05, 0) is 0 Å². The van der Waals surface area contributed by atoms with Crippen LogP contribution in [0, 0.1) is 0 Å². The molecule has 0 radical (unpaired) electrons. The lowest BCUT2D eigenvalue weighted by Crippen LogP contribution is -2.00. The Morgan fingerprint density at radius 1 is 1.67 bits per heavy atom. The average molecular weight is 223 g/mol. The Balaban J connectivity index is 2.58. The van der Waals surface area contributed by atoms with E-state index in [2.05, 4.69) is 5.10 Å². The van der Waals surface area contributed by atoms with E-state index in [1.54, 1.807) is 29.5 Å². The number of carboxylic acids is 1. The van der Waals surface area contributed by atoms with E-state index in [1.165, 1.54) is 11.3 Å². The summed E-state index contributed by atoms with van der Waals surface area (Å²) in [6.45, 7) is 0. The van der Waals surface area contributed by atoms with Crippen LogP contribution in [0.15, 0.2) is 17.8 Å². The highest BCUT2D eigenvalue weighted by Crippen LogP contribution is 2.33. The molecular formula is C9H9N3O2S. The smallest absolute Gasteiger partial charge is 0.339 e. The predicted molar refractivity (Wildman–Crippen MR) is 57.9 cm³/mol. The van der Waals surface area contributed by atoms with Crippen LogP contribution in [-0.2, 0) is 7.05 Å². The first-order valence-corrected chi connectivity index (χ1v) is 5.07. The number of nitrogens with two attached hydrogens (primary N) is 1. The van der Waals surface area contributed by atoms with Gasteiger partial charge in [-0.2, -0.15) is 5.10 Å². The average Bonchev–Trinajstić information content (AvgIpc) is 2.71. The molecule has 2 aromatic heterocycles. The molecule has 0 bridgehead atoms. The van der Waals surface area contributed by atoms with Crippen LogP contribution in [0.3, 0.4) is 0 Å². The minimum absolute atomic E-state index is 0.160. The van der Waals surface area contributed by atoms with Gasteiger partial charge in [-0.15, -0.1) is 11.3 Å². The first-order chi connectivity index (χ1) is 7.09. The summed E-state index contributed by atoms with van der Waals surface area (Å²) >= 11 is 1.22. The monoisotopic (exact) mass is 223 g/mol. The molecule has 0 saturated heterocycles. The number of hydrogen-bond acceptors (Lipinski definition) is 4. The summed E-state index contributed by atoms with van der Waals surface area (Å²) in [6.07, 6.45) is 3.38. The predicted octanol–water partition coefficient (Wildman–Crippen LogP) is 1.43. The first-order valence-electron chi connectivity index (χ1n) is 4.19. The summed E-state index contributed by atoms with van der Waals surface area (Å²) in [5.41, 5.74) is 7.15. The van der Waals surface area contributed by atoms with Crippen molar-refractivity contribution < 1.29 is 9.90 Å². The molecule has 78 valence electrons. The second-order valence-electron chi connectivity index (χ2n) is 3.10. The molecule has 2 heterocycles. The maximum atomic E-state index is 11.0. The Kier molecular flexibility index (Phi) is 2.20. The van der Waals surface area contributed by atoms with Crippen molar-refractivity contribution in [3.05, 3.63) is 23.3 Å². The summed E-state index contributed by atoms with van der Waals surface area (Å²) in [4.78, 5) is 11.0. The van der Waals surface area contributed by atoms with Crippen molar-refractivity contribution in [2.24, 2.45) is 7.05 Å². The third-order valence-corrected chi connectivity index (χ3v) is 2.86. The van der Waals surface area contributed by atoms with Crippen molar-refractivity contribution in [1.29, 1.82) is 0 Å². The molecule has 5 nitrogen and oxygen atoms in total. The third kappa shape index (κ3) is 1.59. The van der Waals surface area contributed by atoms with E-state index in [0.717, 1.165) is 5.56 Å². The Morgan fingerprint density at radius 2 is 2.40 bits per heavy atom.